The van der Waals surface area contributed by atoms with Gasteiger partial charge in [0.15, 0.2) is 0 Å². The molecule has 0 N–H and O–H groups in total. The molecule has 5 nitrogen and oxygen atoms in total. The van der Waals surface area contributed by atoms with Crippen molar-refractivity contribution in [3.63, 3.8) is 0 Å². The van der Waals surface area contributed by atoms with Crippen LogP contribution in [0.3, 0.4) is 0 Å². The molecule has 0 amide bonds. The van der Waals surface area contributed by atoms with E-state index in [-0.39, 0.29) is 12.0 Å². The zero-order valence-corrected chi connectivity index (χ0v) is 17.3. The number of pyridine rings is 1. The van der Waals surface area contributed by atoms with Crippen LogP contribution in [0.1, 0.15) is 67.1 Å². The van der Waals surface area contributed by atoms with Gasteiger partial charge in [-0.2, -0.15) is 5.26 Å². The molecule has 6 heteroatoms. The van der Waals surface area contributed by atoms with Crippen LogP contribution in [0.25, 0.3) is 0 Å². The van der Waals surface area contributed by atoms with E-state index in [1.54, 1.807) is 13.8 Å². The van der Waals surface area contributed by atoms with E-state index in [0.717, 1.165) is 37.0 Å². The number of hydrogen-bond donors (Lipinski definition) is 0. The predicted molar refractivity (Wildman–Crippen MR) is 106 cm³/mol. The van der Waals surface area contributed by atoms with Crippen molar-refractivity contribution in [1.29, 1.82) is 5.26 Å². The Kier molecular flexibility index (Phi) is 5.22. The molecule has 4 bridgehead atoms. The molecule has 4 saturated carbocycles. The van der Waals surface area contributed by atoms with E-state index < -0.39 is 5.97 Å². The summed E-state index contributed by atoms with van der Waals surface area (Å²) in [6.07, 6.45) is 7.10. The average Bonchev–Trinajstić information content (AvgIpc) is 2.65. The Morgan fingerprint density at radius 3 is 2.39 bits per heavy atom. The second kappa shape index (κ2) is 7.51. The lowest BCUT2D eigenvalue weighted by atomic mass is 9.48. The largest absolute Gasteiger partial charge is 0.462 e. The number of esters is 1. The Bertz CT molecular complexity index is 823. The SMILES string of the molecule is CCOC(=O)c1cc(C#N)c(SCC(=O)C23CC4CC(CC(C4)C2)C3)nc1C. The number of rotatable bonds is 6. The van der Waals surface area contributed by atoms with Crippen LogP contribution in [-0.2, 0) is 9.53 Å². The van der Waals surface area contributed by atoms with Gasteiger partial charge in [0.05, 0.1) is 29.2 Å². The number of Topliss-reactive ketones (excluding diaryl/α,β-unsaturated/α-hetero) is 1. The van der Waals surface area contributed by atoms with Gasteiger partial charge in [-0.3, -0.25) is 4.79 Å². The summed E-state index contributed by atoms with van der Waals surface area (Å²) in [4.78, 5) is 29.7. The molecule has 5 rings (SSSR count). The number of aromatic nitrogens is 1. The van der Waals surface area contributed by atoms with Gasteiger partial charge in [-0.25, -0.2) is 9.78 Å². The molecule has 0 unspecified atom stereocenters. The number of nitriles is 1. The topological polar surface area (TPSA) is 80.0 Å². The van der Waals surface area contributed by atoms with Crippen molar-refractivity contribution in [3.05, 3.63) is 22.9 Å². The third kappa shape index (κ3) is 3.45. The van der Waals surface area contributed by atoms with Crippen molar-refractivity contribution in [1.82, 2.24) is 4.98 Å². The smallest absolute Gasteiger partial charge is 0.340 e. The predicted octanol–water partition coefficient (Wildman–Crippen LogP) is 4.32. The molecule has 1 aromatic heterocycles. The quantitative estimate of drug-likeness (QED) is 0.524. The summed E-state index contributed by atoms with van der Waals surface area (Å²) in [5.41, 5.74) is 1.04. The van der Waals surface area contributed by atoms with E-state index in [2.05, 4.69) is 11.1 Å². The molecule has 0 radical (unpaired) electrons. The van der Waals surface area contributed by atoms with Gasteiger partial charge in [0, 0.05) is 5.41 Å². The summed E-state index contributed by atoms with van der Waals surface area (Å²) < 4.78 is 5.03. The second-order valence-corrected chi connectivity index (χ2v) is 9.68. The molecule has 4 fully saturated rings. The van der Waals surface area contributed by atoms with Crippen molar-refractivity contribution in [2.24, 2.45) is 23.2 Å². The van der Waals surface area contributed by atoms with Crippen molar-refractivity contribution in [2.75, 3.05) is 12.4 Å². The van der Waals surface area contributed by atoms with Crippen molar-refractivity contribution in [3.8, 4) is 6.07 Å². The number of hydrogen-bond acceptors (Lipinski definition) is 6. The first kappa shape index (κ1) is 19.4. The number of ether oxygens (including phenoxy) is 1. The van der Waals surface area contributed by atoms with Gasteiger partial charge >= 0.3 is 5.97 Å². The molecule has 1 heterocycles. The Hall–Kier alpha value is -1.87. The monoisotopic (exact) mass is 398 g/mol. The lowest BCUT2D eigenvalue weighted by molar-refractivity contribution is -0.141. The first-order valence-corrected chi connectivity index (χ1v) is 11.2. The van der Waals surface area contributed by atoms with E-state index in [1.807, 2.05) is 0 Å². The lowest BCUT2D eigenvalue weighted by Gasteiger charge is -2.56. The number of ketones is 1. The van der Waals surface area contributed by atoms with Crippen molar-refractivity contribution < 1.29 is 14.3 Å². The van der Waals surface area contributed by atoms with Crippen LogP contribution < -0.4 is 0 Å². The number of carbonyl (C=O) groups is 2. The minimum absolute atomic E-state index is 0.130. The molecule has 28 heavy (non-hydrogen) atoms. The van der Waals surface area contributed by atoms with Gasteiger partial charge in [0.1, 0.15) is 16.9 Å². The summed E-state index contributed by atoms with van der Waals surface area (Å²) in [6, 6.07) is 3.66. The number of aryl methyl sites for hydroxylation is 1. The van der Waals surface area contributed by atoms with Crippen LogP contribution in [0, 0.1) is 41.4 Å². The normalized spacial score (nSPS) is 30.1. The maximum Gasteiger partial charge on any atom is 0.340 e. The molecule has 0 atom stereocenters. The second-order valence-electron chi connectivity index (χ2n) is 8.72. The minimum Gasteiger partial charge on any atom is -0.462 e. The fraction of sp³-hybridized carbons (Fsp3) is 0.636. The molecule has 4 aliphatic carbocycles. The molecule has 0 spiro atoms. The Labute approximate surface area is 170 Å². The van der Waals surface area contributed by atoms with Crippen LogP contribution in [-0.4, -0.2) is 29.1 Å². The summed E-state index contributed by atoms with van der Waals surface area (Å²) in [5, 5.41) is 10.0. The third-order valence-corrected chi connectivity index (χ3v) is 7.75. The third-order valence-electron chi connectivity index (χ3n) is 6.76. The first-order valence-electron chi connectivity index (χ1n) is 10.2. The highest BCUT2D eigenvalue weighted by Gasteiger charge is 2.54. The van der Waals surface area contributed by atoms with Gasteiger partial charge in [0.25, 0.3) is 0 Å². The Morgan fingerprint density at radius 1 is 1.25 bits per heavy atom. The minimum atomic E-state index is -0.467. The Morgan fingerprint density at radius 2 is 1.86 bits per heavy atom. The molecule has 148 valence electrons. The number of thioether (sulfide) groups is 1. The standard InChI is InChI=1S/C22H26N2O3S/c1-3-27-21(26)18-7-17(11-23)20(24-13(18)2)28-12-19(25)22-8-14-4-15(9-22)6-16(5-14)10-22/h7,14-16H,3-6,8-10,12H2,1-2H3. The molecule has 0 saturated heterocycles. The maximum absolute atomic E-state index is 13.2. The fourth-order valence-electron chi connectivity index (χ4n) is 5.93. The summed E-state index contributed by atoms with van der Waals surface area (Å²) in [7, 11) is 0. The Balaban J connectivity index is 1.49. The highest BCUT2D eigenvalue weighted by Crippen LogP contribution is 2.60. The van der Waals surface area contributed by atoms with Crippen LogP contribution >= 0.6 is 11.8 Å². The highest BCUT2D eigenvalue weighted by atomic mass is 32.2. The first-order chi connectivity index (χ1) is 13.4. The fourth-order valence-corrected chi connectivity index (χ4v) is 6.96. The van der Waals surface area contributed by atoms with Crippen molar-refractivity contribution in [2.45, 2.75) is 57.4 Å². The zero-order valence-electron chi connectivity index (χ0n) is 16.5. The van der Waals surface area contributed by atoms with Crippen LogP contribution in [0.5, 0.6) is 0 Å². The van der Waals surface area contributed by atoms with E-state index in [4.69, 9.17) is 4.74 Å². The number of carbonyl (C=O) groups excluding carboxylic acids is 2. The summed E-state index contributed by atoms with van der Waals surface area (Å²) in [5.74, 6) is 2.42. The van der Waals surface area contributed by atoms with Crippen LogP contribution in [0.2, 0.25) is 0 Å². The van der Waals surface area contributed by atoms with Gasteiger partial charge in [-0.15, -0.1) is 0 Å². The molecule has 0 aromatic carbocycles. The average molecular weight is 399 g/mol. The van der Waals surface area contributed by atoms with Gasteiger partial charge in [0.2, 0.25) is 0 Å². The van der Waals surface area contributed by atoms with Gasteiger partial charge in [-0.05, 0) is 76.2 Å². The summed E-state index contributed by atoms with van der Waals surface area (Å²) in [6.45, 7) is 3.75. The van der Waals surface area contributed by atoms with Gasteiger partial charge in [-0.1, -0.05) is 11.8 Å². The highest BCUT2D eigenvalue weighted by molar-refractivity contribution is 8.00. The van der Waals surface area contributed by atoms with E-state index in [9.17, 15) is 14.9 Å². The molecular weight excluding hydrogens is 372 g/mol. The van der Waals surface area contributed by atoms with Crippen molar-refractivity contribution >= 4 is 23.5 Å². The van der Waals surface area contributed by atoms with Crippen LogP contribution in [0.15, 0.2) is 11.1 Å². The molecule has 0 aliphatic heterocycles. The van der Waals surface area contributed by atoms with E-state index in [1.165, 1.54) is 37.1 Å². The lowest BCUT2D eigenvalue weighted by Crippen LogP contribution is -2.50. The summed E-state index contributed by atoms with van der Waals surface area (Å²) >= 11 is 1.34. The van der Waals surface area contributed by atoms with Crippen LogP contribution in [0.4, 0.5) is 0 Å². The molecular formula is C22H26N2O3S. The maximum atomic E-state index is 13.2. The molecule has 1 aromatic rings. The van der Waals surface area contributed by atoms with Gasteiger partial charge < -0.3 is 4.74 Å². The number of nitrogens with zero attached hydrogens (tertiary/aromatic N) is 2. The van der Waals surface area contributed by atoms with E-state index >= 15 is 0 Å². The molecule has 4 aliphatic rings. The van der Waals surface area contributed by atoms with E-state index in [0.29, 0.717) is 33.4 Å². The zero-order chi connectivity index (χ0) is 19.9.